The van der Waals surface area contributed by atoms with Crippen molar-refractivity contribution < 1.29 is 18.7 Å². The smallest absolute Gasteiger partial charge is 0.374 e. The molecule has 2 aromatic rings. The number of carbonyl (C=O) groups is 2. The van der Waals surface area contributed by atoms with E-state index in [0.29, 0.717) is 10.7 Å². The van der Waals surface area contributed by atoms with Gasteiger partial charge in [0.2, 0.25) is 5.76 Å². The maximum atomic E-state index is 11.9. The zero-order valence-electron chi connectivity index (χ0n) is 10.6. The third-order valence-corrected chi connectivity index (χ3v) is 2.74. The van der Waals surface area contributed by atoms with Gasteiger partial charge in [-0.15, -0.1) is 0 Å². The predicted molar refractivity (Wildman–Crippen MR) is 73.7 cm³/mol. The maximum absolute atomic E-state index is 11.9. The van der Waals surface area contributed by atoms with Crippen LogP contribution in [0.1, 0.15) is 17.5 Å². The van der Waals surface area contributed by atoms with Crippen LogP contribution in [0.3, 0.4) is 0 Å². The molecule has 104 valence electrons. The summed E-state index contributed by atoms with van der Waals surface area (Å²) in [6.45, 7) is 1.48. The van der Waals surface area contributed by atoms with Crippen molar-refractivity contribution in [3.63, 3.8) is 0 Å². The summed E-state index contributed by atoms with van der Waals surface area (Å²) in [7, 11) is 0. The highest BCUT2D eigenvalue weighted by Crippen LogP contribution is 2.14. The van der Waals surface area contributed by atoms with Crippen LogP contribution in [-0.2, 0) is 9.53 Å². The molecule has 1 unspecified atom stereocenters. The zero-order chi connectivity index (χ0) is 14.5. The fourth-order valence-electron chi connectivity index (χ4n) is 1.44. The van der Waals surface area contributed by atoms with Gasteiger partial charge in [-0.05, 0) is 43.3 Å². The summed E-state index contributed by atoms with van der Waals surface area (Å²) >= 11 is 5.74. The summed E-state index contributed by atoms with van der Waals surface area (Å²) < 4.78 is 9.87. The lowest BCUT2D eigenvalue weighted by molar-refractivity contribution is -0.123. The standard InChI is InChI=1S/C14H12ClNO4/c1-9(20-14(18)12-3-2-8-19-12)13(17)16-11-6-4-10(15)5-7-11/h2-9H,1H3,(H,16,17). The number of nitrogens with one attached hydrogen (secondary N) is 1. The molecule has 1 aromatic heterocycles. The first-order valence-electron chi connectivity index (χ1n) is 5.87. The molecule has 1 N–H and O–H groups in total. The first-order chi connectivity index (χ1) is 9.56. The molecule has 1 heterocycles. The molecule has 0 fully saturated rings. The Morgan fingerprint density at radius 3 is 2.55 bits per heavy atom. The van der Waals surface area contributed by atoms with Gasteiger partial charge in [0, 0.05) is 10.7 Å². The Kier molecular flexibility index (Phi) is 4.42. The minimum atomic E-state index is -0.941. The van der Waals surface area contributed by atoms with Crippen LogP contribution in [0.5, 0.6) is 0 Å². The zero-order valence-corrected chi connectivity index (χ0v) is 11.4. The molecule has 20 heavy (non-hydrogen) atoms. The normalized spacial score (nSPS) is 11.7. The summed E-state index contributed by atoms with van der Waals surface area (Å²) in [5, 5.41) is 3.18. The van der Waals surface area contributed by atoms with Crippen LogP contribution in [0.15, 0.2) is 47.1 Å². The van der Waals surface area contributed by atoms with E-state index >= 15 is 0 Å². The van der Waals surface area contributed by atoms with Crippen molar-refractivity contribution >= 4 is 29.2 Å². The highest BCUT2D eigenvalue weighted by Gasteiger charge is 2.20. The first-order valence-corrected chi connectivity index (χ1v) is 6.25. The molecule has 2 rings (SSSR count). The van der Waals surface area contributed by atoms with E-state index in [1.165, 1.54) is 19.3 Å². The van der Waals surface area contributed by atoms with Crippen LogP contribution < -0.4 is 5.32 Å². The van der Waals surface area contributed by atoms with Crippen molar-refractivity contribution in [2.45, 2.75) is 13.0 Å². The number of hydrogen-bond acceptors (Lipinski definition) is 4. The number of hydrogen-bond donors (Lipinski definition) is 1. The second-order valence-electron chi connectivity index (χ2n) is 4.02. The van der Waals surface area contributed by atoms with E-state index in [1.54, 1.807) is 30.3 Å². The fourth-order valence-corrected chi connectivity index (χ4v) is 1.57. The molecule has 0 radical (unpaired) electrons. The van der Waals surface area contributed by atoms with Crippen LogP contribution >= 0.6 is 11.6 Å². The SMILES string of the molecule is CC(OC(=O)c1ccco1)C(=O)Nc1ccc(Cl)cc1. The lowest BCUT2D eigenvalue weighted by atomic mass is 10.3. The van der Waals surface area contributed by atoms with Gasteiger partial charge in [-0.3, -0.25) is 4.79 Å². The number of carbonyl (C=O) groups excluding carboxylic acids is 2. The average Bonchev–Trinajstić information content (AvgIpc) is 2.95. The third-order valence-electron chi connectivity index (χ3n) is 2.49. The Balaban J connectivity index is 1.92. The van der Waals surface area contributed by atoms with E-state index in [0.717, 1.165) is 0 Å². The van der Waals surface area contributed by atoms with Crippen LogP contribution in [0, 0.1) is 0 Å². The predicted octanol–water partition coefficient (Wildman–Crippen LogP) is 3.12. The summed E-state index contributed by atoms with van der Waals surface area (Å²) in [5.74, 6) is -1.07. The van der Waals surface area contributed by atoms with Crippen molar-refractivity contribution in [3.05, 3.63) is 53.4 Å². The summed E-state index contributed by atoms with van der Waals surface area (Å²) in [6.07, 6.45) is 0.415. The molecule has 0 saturated carbocycles. The second-order valence-corrected chi connectivity index (χ2v) is 4.46. The molecular formula is C14H12ClNO4. The highest BCUT2D eigenvalue weighted by atomic mass is 35.5. The largest absolute Gasteiger partial charge is 0.457 e. The molecule has 0 bridgehead atoms. The highest BCUT2D eigenvalue weighted by molar-refractivity contribution is 6.30. The number of halogens is 1. The van der Waals surface area contributed by atoms with Gasteiger partial charge in [-0.2, -0.15) is 0 Å². The summed E-state index contributed by atoms with van der Waals surface area (Å²) in [4.78, 5) is 23.5. The molecule has 0 spiro atoms. The van der Waals surface area contributed by atoms with E-state index < -0.39 is 18.0 Å². The maximum Gasteiger partial charge on any atom is 0.374 e. The lowest BCUT2D eigenvalue weighted by Crippen LogP contribution is -2.29. The van der Waals surface area contributed by atoms with Gasteiger partial charge >= 0.3 is 5.97 Å². The van der Waals surface area contributed by atoms with Crippen LogP contribution in [-0.4, -0.2) is 18.0 Å². The van der Waals surface area contributed by atoms with Gasteiger partial charge in [0.1, 0.15) is 0 Å². The van der Waals surface area contributed by atoms with Crippen LogP contribution in [0.2, 0.25) is 5.02 Å². The van der Waals surface area contributed by atoms with E-state index in [4.69, 9.17) is 20.8 Å². The minimum absolute atomic E-state index is 0.0520. The lowest BCUT2D eigenvalue weighted by Gasteiger charge is -2.12. The van der Waals surface area contributed by atoms with Crippen molar-refractivity contribution in [2.24, 2.45) is 0 Å². The number of ether oxygens (including phenoxy) is 1. The van der Waals surface area contributed by atoms with E-state index in [1.807, 2.05) is 0 Å². The molecule has 6 heteroatoms. The Bertz CT molecular complexity index is 592. The second kappa shape index (κ2) is 6.25. The van der Waals surface area contributed by atoms with Crippen LogP contribution in [0.4, 0.5) is 5.69 Å². The Morgan fingerprint density at radius 2 is 1.95 bits per heavy atom. The molecule has 1 amide bonds. The Labute approximate surface area is 120 Å². The monoisotopic (exact) mass is 293 g/mol. The number of anilines is 1. The fraction of sp³-hybridized carbons (Fsp3) is 0.143. The molecule has 1 atom stereocenters. The molecule has 0 aliphatic heterocycles. The van der Waals surface area contributed by atoms with E-state index in [2.05, 4.69) is 5.32 Å². The van der Waals surface area contributed by atoms with Crippen molar-refractivity contribution in [1.82, 2.24) is 0 Å². The summed E-state index contributed by atoms with van der Waals surface area (Å²) in [6, 6.07) is 9.64. The average molecular weight is 294 g/mol. The Hall–Kier alpha value is -2.27. The quantitative estimate of drug-likeness (QED) is 0.879. The van der Waals surface area contributed by atoms with Gasteiger partial charge in [-0.1, -0.05) is 11.6 Å². The third kappa shape index (κ3) is 3.61. The molecular weight excluding hydrogens is 282 g/mol. The minimum Gasteiger partial charge on any atom is -0.457 e. The van der Waals surface area contributed by atoms with E-state index in [9.17, 15) is 9.59 Å². The number of rotatable bonds is 4. The molecule has 1 aromatic carbocycles. The van der Waals surface area contributed by atoms with Crippen molar-refractivity contribution in [2.75, 3.05) is 5.32 Å². The number of furan rings is 1. The number of amides is 1. The molecule has 0 saturated heterocycles. The Morgan fingerprint density at radius 1 is 1.25 bits per heavy atom. The molecule has 5 nitrogen and oxygen atoms in total. The first kappa shape index (κ1) is 14.1. The van der Waals surface area contributed by atoms with Crippen molar-refractivity contribution in [1.29, 1.82) is 0 Å². The summed E-state index contributed by atoms with van der Waals surface area (Å²) in [5.41, 5.74) is 0.570. The molecule has 0 aliphatic rings. The van der Waals surface area contributed by atoms with E-state index in [-0.39, 0.29) is 5.76 Å². The van der Waals surface area contributed by atoms with Gasteiger partial charge < -0.3 is 14.5 Å². The van der Waals surface area contributed by atoms with Gasteiger partial charge in [0.05, 0.1) is 6.26 Å². The topological polar surface area (TPSA) is 68.5 Å². The van der Waals surface area contributed by atoms with Gasteiger partial charge in [0.25, 0.3) is 5.91 Å². The van der Waals surface area contributed by atoms with Gasteiger partial charge in [-0.25, -0.2) is 4.79 Å². The van der Waals surface area contributed by atoms with Gasteiger partial charge in [0.15, 0.2) is 6.10 Å². The molecule has 0 aliphatic carbocycles. The number of esters is 1. The van der Waals surface area contributed by atoms with Crippen molar-refractivity contribution in [3.8, 4) is 0 Å². The number of benzene rings is 1. The van der Waals surface area contributed by atoms with Crippen LogP contribution in [0.25, 0.3) is 0 Å².